The molecule has 0 unspecified atom stereocenters. The van der Waals surface area contributed by atoms with Crippen molar-refractivity contribution in [2.24, 2.45) is 0 Å². The second-order valence-electron chi connectivity index (χ2n) is 12.4. The van der Waals surface area contributed by atoms with Crippen molar-refractivity contribution in [1.29, 1.82) is 0 Å². The molecule has 0 aliphatic heterocycles. The van der Waals surface area contributed by atoms with Crippen LogP contribution in [0.3, 0.4) is 0 Å². The number of hydrogen-bond acceptors (Lipinski definition) is 3. The van der Waals surface area contributed by atoms with Crippen LogP contribution in [-0.2, 0) is 30.7 Å². The summed E-state index contributed by atoms with van der Waals surface area (Å²) in [6.07, 6.45) is 2.80. The number of aryl methyl sites for hydroxylation is 3. The predicted octanol–water partition coefficient (Wildman–Crippen LogP) is 8.99. The molecule has 7 nitrogen and oxygen atoms in total. The third kappa shape index (κ3) is 5.80. The zero-order valence-corrected chi connectivity index (χ0v) is 27.2. The maximum absolute atomic E-state index is 12.9. The van der Waals surface area contributed by atoms with E-state index in [0.717, 1.165) is 69.2 Å². The average molecular weight is 642 g/mol. The number of benzene rings is 5. The molecule has 0 atom stereocenters. The molecule has 7 heteroatoms. The number of carbonyl (C=O) groups is 2. The maximum atomic E-state index is 12.9. The van der Waals surface area contributed by atoms with Crippen LogP contribution in [0.2, 0.25) is 0 Å². The second-order valence-corrected chi connectivity index (χ2v) is 12.4. The van der Waals surface area contributed by atoms with Crippen LogP contribution in [0.4, 0.5) is 11.4 Å². The molecule has 49 heavy (non-hydrogen) atoms. The number of pyridine rings is 1. The van der Waals surface area contributed by atoms with Crippen LogP contribution >= 0.6 is 0 Å². The van der Waals surface area contributed by atoms with Crippen LogP contribution in [-0.4, -0.2) is 25.9 Å². The number of fused-ring (bicyclic) bond motifs is 6. The smallest absolute Gasteiger partial charge is 0.274 e. The van der Waals surface area contributed by atoms with Crippen molar-refractivity contribution in [2.45, 2.75) is 32.9 Å². The Balaban J connectivity index is 1.08. The van der Waals surface area contributed by atoms with Gasteiger partial charge in [0.1, 0.15) is 5.69 Å². The largest absolute Gasteiger partial charge is 0.341 e. The summed E-state index contributed by atoms with van der Waals surface area (Å²) in [5.41, 5.74) is 8.77. The van der Waals surface area contributed by atoms with Crippen molar-refractivity contribution in [1.82, 2.24) is 14.1 Å². The van der Waals surface area contributed by atoms with Gasteiger partial charge in [-0.05, 0) is 91.2 Å². The average Bonchev–Trinajstić information content (AvgIpc) is 3.62. The van der Waals surface area contributed by atoms with E-state index in [9.17, 15) is 9.59 Å². The van der Waals surface area contributed by atoms with Gasteiger partial charge in [0.15, 0.2) is 0 Å². The Morgan fingerprint density at radius 1 is 0.592 bits per heavy atom. The van der Waals surface area contributed by atoms with E-state index in [-0.39, 0.29) is 11.8 Å². The van der Waals surface area contributed by atoms with E-state index in [1.54, 1.807) is 18.3 Å². The summed E-state index contributed by atoms with van der Waals surface area (Å²) in [6.45, 7) is 3.81. The molecule has 3 heterocycles. The molecule has 2 amide bonds. The predicted molar refractivity (Wildman–Crippen MR) is 199 cm³/mol. The topological polar surface area (TPSA) is 81.0 Å². The fourth-order valence-corrected chi connectivity index (χ4v) is 7.02. The van der Waals surface area contributed by atoms with Crippen molar-refractivity contribution >= 4 is 66.8 Å². The SMILES string of the molecule is CCn1c2ccc(CCn3c4ccccc4c4cc(NC(=O)c5ccccn5)ccc43)cc2c2cc(NC(=O)Cc3ccccc3)ccc21. The molecule has 0 bridgehead atoms. The van der Waals surface area contributed by atoms with Gasteiger partial charge in [-0.15, -0.1) is 0 Å². The first-order valence-corrected chi connectivity index (χ1v) is 16.7. The van der Waals surface area contributed by atoms with E-state index in [2.05, 4.69) is 98.4 Å². The molecule has 0 fully saturated rings. The number of anilines is 2. The van der Waals surface area contributed by atoms with Crippen molar-refractivity contribution in [2.75, 3.05) is 10.6 Å². The van der Waals surface area contributed by atoms with Crippen molar-refractivity contribution in [3.63, 3.8) is 0 Å². The Hall–Kier alpha value is -6.21. The highest BCUT2D eigenvalue weighted by Gasteiger charge is 2.15. The van der Waals surface area contributed by atoms with Gasteiger partial charge in [-0.1, -0.05) is 60.7 Å². The molecular formula is C42H35N5O2. The van der Waals surface area contributed by atoms with E-state index < -0.39 is 0 Å². The lowest BCUT2D eigenvalue weighted by molar-refractivity contribution is -0.115. The van der Waals surface area contributed by atoms with Gasteiger partial charge in [0.2, 0.25) is 5.91 Å². The molecule has 240 valence electrons. The number of carbonyl (C=O) groups excluding carboxylic acids is 2. The van der Waals surface area contributed by atoms with Crippen molar-refractivity contribution in [3.8, 4) is 0 Å². The molecule has 5 aromatic carbocycles. The molecule has 0 aliphatic rings. The maximum Gasteiger partial charge on any atom is 0.274 e. The van der Waals surface area contributed by atoms with E-state index in [4.69, 9.17) is 0 Å². The number of nitrogens with zero attached hydrogens (tertiary/aromatic N) is 3. The summed E-state index contributed by atoms with van der Waals surface area (Å²) in [7, 11) is 0. The first-order valence-electron chi connectivity index (χ1n) is 16.7. The highest BCUT2D eigenvalue weighted by molar-refractivity contribution is 6.12. The Morgan fingerprint density at radius 3 is 1.98 bits per heavy atom. The fourth-order valence-electron chi connectivity index (χ4n) is 7.02. The highest BCUT2D eigenvalue weighted by atomic mass is 16.2. The molecule has 2 N–H and O–H groups in total. The summed E-state index contributed by atoms with van der Waals surface area (Å²) in [5, 5.41) is 10.7. The lowest BCUT2D eigenvalue weighted by atomic mass is 10.1. The summed E-state index contributed by atoms with van der Waals surface area (Å²) in [5.74, 6) is -0.260. The number of rotatable bonds is 9. The molecule has 3 aromatic heterocycles. The third-order valence-electron chi connectivity index (χ3n) is 9.29. The van der Waals surface area contributed by atoms with Crippen molar-refractivity contribution in [3.05, 3.63) is 150 Å². The molecule has 8 rings (SSSR count). The lowest BCUT2D eigenvalue weighted by Crippen LogP contribution is -2.14. The third-order valence-corrected chi connectivity index (χ3v) is 9.29. The van der Waals surface area contributed by atoms with E-state index >= 15 is 0 Å². The molecule has 0 spiro atoms. The van der Waals surface area contributed by atoms with E-state index in [1.165, 1.54) is 16.5 Å². The number of para-hydroxylation sites is 1. The summed E-state index contributed by atoms with van der Waals surface area (Å²) in [4.78, 5) is 29.9. The molecule has 8 aromatic rings. The fraction of sp³-hybridized carbons (Fsp3) is 0.119. The van der Waals surface area contributed by atoms with Gasteiger partial charge in [0, 0.05) is 74.3 Å². The Morgan fingerprint density at radius 2 is 1.22 bits per heavy atom. The first-order chi connectivity index (χ1) is 24.1. The Bertz CT molecular complexity index is 2500. The van der Waals surface area contributed by atoms with Crippen LogP contribution in [0, 0.1) is 0 Å². The normalized spacial score (nSPS) is 11.4. The van der Waals surface area contributed by atoms with Gasteiger partial charge in [-0.2, -0.15) is 0 Å². The number of hydrogen-bond donors (Lipinski definition) is 2. The van der Waals surface area contributed by atoms with Crippen LogP contribution in [0.5, 0.6) is 0 Å². The van der Waals surface area contributed by atoms with Crippen LogP contribution < -0.4 is 10.6 Å². The molecular weight excluding hydrogens is 606 g/mol. The van der Waals surface area contributed by atoms with E-state index in [1.807, 2.05) is 48.5 Å². The summed E-state index contributed by atoms with van der Waals surface area (Å²) >= 11 is 0. The Kier molecular flexibility index (Phi) is 7.86. The standard InChI is InChI=1S/C42H35N5O2/c1-2-46-38-18-15-29(24-33(38)35-26-30(16-19-39(35)46)44-41(48)25-28-10-4-3-5-11-28)21-23-47-37-14-7-6-12-32(37)34-27-31(17-20-40(34)47)45-42(49)36-13-8-9-22-43-36/h3-20,22,24,26-27H,2,21,23,25H2,1H3,(H,44,48)(H,45,49). The van der Waals surface area contributed by atoms with Gasteiger partial charge in [0.05, 0.1) is 6.42 Å². The van der Waals surface area contributed by atoms with Gasteiger partial charge in [-0.3, -0.25) is 14.6 Å². The monoisotopic (exact) mass is 641 g/mol. The quantitative estimate of drug-likeness (QED) is 0.165. The summed E-state index contributed by atoms with van der Waals surface area (Å²) < 4.78 is 4.70. The van der Waals surface area contributed by atoms with E-state index in [0.29, 0.717) is 12.1 Å². The second kappa shape index (κ2) is 12.8. The number of nitrogens with one attached hydrogen (secondary N) is 2. The van der Waals surface area contributed by atoms with Gasteiger partial charge < -0.3 is 19.8 Å². The minimum absolute atomic E-state index is 0.0284. The van der Waals surface area contributed by atoms with Crippen LogP contribution in [0.1, 0.15) is 28.5 Å². The molecule has 0 aliphatic carbocycles. The molecule has 0 saturated carbocycles. The van der Waals surface area contributed by atoms with Crippen molar-refractivity contribution < 1.29 is 9.59 Å². The highest BCUT2D eigenvalue weighted by Crippen LogP contribution is 2.34. The van der Waals surface area contributed by atoms with Crippen LogP contribution in [0.25, 0.3) is 43.6 Å². The number of aromatic nitrogens is 3. The van der Waals surface area contributed by atoms with Gasteiger partial charge in [-0.25, -0.2) is 0 Å². The minimum Gasteiger partial charge on any atom is -0.341 e. The van der Waals surface area contributed by atoms with Gasteiger partial charge in [0.25, 0.3) is 5.91 Å². The van der Waals surface area contributed by atoms with Gasteiger partial charge >= 0.3 is 0 Å². The first kappa shape index (κ1) is 30.1. The number of amides is 2. The zero-order chi connectivity index (χ0) is 33.3. The van der Waals surface area contributed by atoms with Crippen LogP contribution in [0.15, 0.2) is 134 Å². The zero-order valence-electron chi connectivity index (χ0n) is 27.2. The molecule has 0 radical (unpaired) electrons. The minimum atomic E-state index is -0.231. The summed E-state index contributed by atoms with van der Waals surface area (Å²) in [6, 6.07) is 42.6. The Labute approximate surface area is 283 Å². The molecule has 0 saturated heterocycles. The lowest BCUT2D eigenvalue weighted by Gasteiger charge is -2.09.